The maximum atomic E-state index is 6.09. The van der Waals surface area contributed by atoms with E-state index in [0.717, 1.165) is 25.1 Å². The lowest BCUT2D eigenvalue weighted by Gasteiger charge is -2.07. The molecule has 0 radical (unpaired) electrons. The van der Waals surface area contributed by atoms with Crippen LogP contribution in [0.4, 0.5) is 0 Å². The van der Waals surface area contributed by atoms with Gasteiger partial charge in [0.25, 0.3) is 0 Å². The third-order valence-corrected chi connectivity index (χ3v) is 3.40. The van der Waals surface area contributed by atoms with Crippen LogP contribution in [0, 0.1) is 0 Å². The van der Waals surface area contributed by atoms with Gasteiger partial charge in [-0.1, -0.05) is 29.3 Å². The third-order valence-electron chi connectivity index (χ3n) is 2.81. The van der Waals surface area contributed by atoms with Crippen LogP contribution in [0.3, 0.4) is 0 Å². The van der Waals surface area contributed by atoms with Crippen LogP contribution < -0.4 is 5.32 Å². The Kier molecular flexibility index (Phi) is 4.64. The molecular weight excluding hydrogens is 269 g/mol. The molecule has 5 heteroatoms. The Bertz CT molecular complexity index is 523. The smallest absolute Gasteiger partial charge is 0.0492 e. The molecule has 0 bridgehead atoms. The summed E-state index contributed by atoms with van der Waals surface area (Å²) in [5.74, 6) is 0. The first-order chi connectivity index (χ1) is 8.66. The summed E-state index contributed by atoms with van der Waals surface area (Å²) in [7, 11) is 1.95. The minimum atomic E-state index is 0.665. The molecule has 1 aromatic heterocycles. The van der Waals surface area contributed by atoms with Crippen LogP contribution in [-0.4, -0.2) is 16.3 Å². The van der Waals surface area contributed by atoms with Gasteiger partial charge in [0.15, 0.2) is 0 Å². The second kappa shape index (κ2) is 6.23. The highest BCUT2D eigenvalue weighted by molar-refractivity contribution is 6.35. The molecule has 0 spiro atoms. The van der Waals surface area contributed by atoms with E-state index in [2.05, 4.69) is 10.4 Å². The second-order valence-electron chi connectivity index (χ2n) is 4.11. The van der Waals surface area contributed by atoms with Crippen molar-refractivity contribution >= 4 is 23.2 Å². The summed E-state index contributed by atoms with van der Waals surface area (Å²) in [5, 5.41) is 8.86. The van der Waals surface area contributed by atoms with Gasteiger partial charge in [-0.05, 0) is 23.8 Å². The van der Waals surface area contributed by atoms with Gasteiger partial charge in [0.05, 0.1) is 0 Å². The molecule has 0 saturated carbocycles. The molecule has 2 aromatic rings. The van der Waals surface area contributed by atoms with Crippen molar-refractivity contribution in [1.29, 1.82) is 0 Å². The molecule has 1 N–H and O–H groups in total. The quantitative estimate of drug-likeness (QED) is 0.855. The van der Waals surface area contributed by atoms with Gasteiger partial charge in [-0.15, -0.1) is 0 Å². The molecule has 0 amide bonds. The van der Waals surface area contributed by atoms with E-state index in [-0.39, 0.29) is 0 Å². The largest absolute Gasteiger partial charge is 0.312 e. The molecule has 0 aliphatic rings. The number of halogens is 2. The fraction of sp³-hybridized carbons (Fsp3) is 0.308. The lowest BCUT2D eigenvalue weighted by Crippen LogP contribution is -2.18. The zero-order valence-corrected chi connectivity index (χ0v) is 11.7. The van der Waals surface area contributed by atoms with Gasteiger partial charge in [0, 0.05) is 48.5 Å². The van der Waals surface area contributed by atoms with Crippen LogP contribution in [0.1, 0.15) is 11.3 Å². The van der Waals surface area contributed by atoms with Crippen molar-refractivity contribution in [3.63, 3.8) is 0 Å². The molecular formula is C13H15Cl2N3. The van der Waals surface area contributed by atoms with E-state index in [1.165, 1.54) is 5.69 Å². The van der Waals surface area contributed by atoms with Crippen LogP contribution in [0.5, 0.6) is 0 Å². The fourth-order valence-corrected chi connectivity index (χ4v) is 2.23. The third kappa shape index (κ3) is 3.48. The van der Waals surface area contributed by atoms with Crippen molar-refractivity contribution in [2.75, 3.05) is 6.54 Å². The summed E-state index contributed by atoms with van der Waals surface area (Å²) < 4.78 is 1.89. The Morgan fingerprint density at radius 3 is 2.78 bits per heavy atom. The van der Waals surface area contributed by atoms with Gasteiger partial charge < -0.3 is 5.32 Å². The molecule has 0 unspecified atom stereocenters. The van der Waals surface area contributed by atoms with E-state index in [0.29, 0.717) is 10.0 Å². The predicted octanol–water partition coefficient (Wildman–Crippen LogP) is 3.06. The number of aromatic nitrogens is 2. The average Bonchev–Trinajstić information content (AvgIpc) is 2.73. The number of hydrogen-bond donors (Lipinski definition) is 1. The fourth-order valence-electron chi connectivity index (χ4n) is 1.75. The first-order valence-electron chi connectivity index (χ1n) is 5.78. The lowest BCUT2D eigenvalue weighted by molar-refractivity contribution is 0.643. The van der Waals surface area contributed by atoms with Crippen molar-refractivity contribution in [3.8, 4) is 0 Å². The molecule has 3 nitrogen and oxygen atoms in total. The summed E-state index contributed by atoms with van der Waals surface area (Å²) in [4.78, 5) is 0. The Labute approximate surface area is 117 Å². The molecule has 18 heavy (non-hydrogen) atoms. The van der Waals surface area contributed by atoms with Crippen LogP contribution >= 0.6 is 23.2 Å². The average molecular weight is 284 g/mol. The van der Waals surface area contributed by atoms with Crippen LogP contribution in [0.15, 0.2) is 30.5 Å². The van der Waals surface area contributed by atoms with Gasteiger partial charge in [-0.25, -0.2) is 0 Å². The summed E-state index contributed by atoms with van der Waals surface area (Å²) in [6.07, 6.45) is 2.76. The van der Waals surface area contributed by atoms with Gasteiger partial charge in [-0.2, -0.15) is 5.10 Å². The summed E-state index contributed by atoms with van der Waals surface area (Å²) >= 11 is 11.9. The van der Waals surface area contributed by atoms with Crippen molar-refractivity contribution in [3.05, 3.63) is 51.8 Å². The van der Waals surface area contributed by atoms with Crippen molar-refractivity contribution in [1.82, 2.24) is 15.1 Å². The Morgan fingerprint density at radius 2 is 2.11 bits per heavy atom. The molecule has 2 rings (SSSR count). The molecule has 0 atom stereocenters. The maximum absolute atomic E-state index is 6.09. The number of nitrogens with zero attached hydrogens (tertiary/aromatic N) is 2. The highest BCUT2D eigenvalue weighted by Gasteiger charge is 2.01. The molecule has 96 valence electrons. The Balaban J connectivity index is 1.80. The van der Waals surface area contributed by atoms with Crippen LogP contribution in [-0.2, 0) is 20.0 Å². The summed E-state index contributed by atoms with van der Waals surface area (Å²) in [6, 6.07) is 7.59. The maximum Gasteiger partial charge on any atom is 0.0492 e. The molecule has 0 fully saturated rings. The molecule has 0 aliphatic heterocycles. The number of aryl methyl sites for hydroxylation is 1. The van der Waals surface area contributed by atoms with E-state index >= 15 is 0 Å². The zero-order chi connectivity index (χ0) is 13.0. The van der Waals surface area contributed by atoms with E-state index in [4.69, 9.17) is 23.2 Å². The van der Waals surface area contributed by atoms with Gasteiger partial charge in [0.2, 0.25) is 0 Å². The summed E-state index contributed by atoms with van der Waals surface area (Å²) in [6.45, 7) is 1.63. The number of nitrogens with one attached hydrogen (secondary N) is 1. The molecule has 0 saturated heterocycles. The minimum absolute atomic E-state index is 0.665. The normalized spacial score (nSPS) is 10.8. The van der Waals surface area contributed by atoms with Gasteiger partial charge in [0.1, 0.15) is 0 Å². The predicted molar refractivity (Wildman–Crippen MR) is 75.1 cm³/mol. The Morgan fingerprint density at radius 1 is 1.28 bits per heavy atom. The highest BCUT2D eigenvalue weighted by atomic mass is 35.5. The first-order valence-corrected chi connectivity index (χ1v) is 6.54. The van der Waals surface area contributed by atoms with Gasteiger partial charge >= 0.3 is 0 Å². The molecule has 1 aromatic carbocycles. The summed E-state index contributed by atoms with van der Waals surface area (Å²) in [5.41, 5.74) is 2.27. The second-order valence-corrected chi connectivity index (χ2v) is 4.95. The van der Waals surface area contributed by atoms with E-state index in [1.807, 2.05) is 36.1 Å². The number of hydrogen-bond acceptors (Lipinski definition) is 2. The van der Waals surface area contributed by atoms with E-state index in [1.54, 1.807) is 6.07 Å². The zero-order valence-electron chi connectivity index (χ0n) is 10.2. The van der Waals surface area contributed by atoms with Crippen molar-refractivity contribution in [2.45, 2.75) is 13.0 Å². The Hall–Kier alpha value is -1.03. The number of rotatable bonds is 5. The van der Waals surface area contributed by atoms with Gasteiger partial charge in [-0.3, -0.25) is 4.68 Å². The standard InChI is InChI=1S/C13H15Cl2N3/c1-18-12(5-7-17-18)4-6-16-9-10-2-3-11(14)8-13(10)15/h2-3,5,7-8,16H,4,6,9H2,1H3. The van der Waals surface area contributed by atoms with Crippen molar-refractivity contribution in [2.24, 2.45) is 7.05 Å². The van der Waals surface area contributed by atoms with E-state index in [9.17, 15) is 0 Å². The van der Waals surface area contributed by atoms with Crippen LogP contribution in [0.2, 0.25) is 10.0 Å². The molecule has 1 heterocycles. The highest BCUT2D eigenvalue weighted by Crippen LogP contribution is 2.20. The number of benzene rings is 1. The van der Waals surface area contributed by atoms with Crippen LogP contribution in [0.25, 0.3) is 0 Å². The van der Waals surface area contributed by atoms with E-state index < -0.39 is 0 Å². The lowest BCUT2D eigenvalue weighted by atomic mass is 10.2. The minimum Gasteiger partial charge on any atom is -0.312 e. The topological polar surface area (TPSA) is 29.9 Å². The first kappa shape index (κ1) is 13.4. The monoisotopic (exact) mass is 283 g/mol. The van der Waals surface area contributed by atoms with Crippen molar-refractivity contribution < 1.29 is 0 Å². The molecule has 0 aliphatic carbocycles. The SMILES string of the molecule is Cn1nccc1CCNCc1ccc(Cl)cc1Cl.